The van der Waals surface area contributed by atoms with Gasteiger partial charge in [-0.2, -0.15) is 0 Å². The Balaban J connectivity index is 2.10. The van der Waals surface area contributed by atoms with E-state index in [0.717, 1.165) is 17.0 Å². The number of phenols is 1. The predicted molar refractivity (Wildman–Crippen MR) is 80.7 cm³/mol. The van der Waals surface area contributed by atoms with Crippen LogP contribution in [0.5, 0.6) is 5.75 Å². The number of halogens is 2. The van der Waals surface area contributed by atoms with Gasteiger partial charge in [0.05, 0.1) is 5.92 Å². The fourth-order valence-electron chi connectivity index (χ4n) is 2.30. The normalized spacial score (nSPS) is 11.2. The van der Waals surface area contributed by atoms with Crippen molar-refractivity contribution in [3.8, 4) is 5.75 Å². The van der Waals surface area contributed by atoms with Crippen LogP contribution in [0.2, 0.25) is 10.3 Å². The summed E-state index contributed by atoms with van der Waals surface area (Å²) in [6.07, 6.45) is 0. The molecule has 3 aromatic rings. The van der Waals surface area contributed by atoms with Crippen LogP contribution in [-0.2, 0) is 0 Å². The lowest BCUT2D eigenvalue weighted by Gasteiger charge is -2.15. The Hall–Kier alpha value is -1.84. The minimum Gasteiger partial charge on any atom is -0.508 e. The first-order chi connectivity index (χ1) is 9.63. The molecule has 0 aliphatic rings. The minimum absolute atomic E-state index is 0.0457. The quantitative estimate of drug-likeness (QED) is 0.654. The predicted octanol–water partition coefficient (Wildman–Crippen LogP) is 4.54. The molecule has 1 aromatic carbocycles. The van der Waals surface area contributed by atoms with E-state index >= 15 is 0 Å². The average Bonchev–Trinajstić information content (AvgIpc) is 3.02. The summed E-state index contributed by atoms with van der Waals surface area (Å²) in [5.41, 5.74) is 2.94. The monoisotopic (exact) mass is 306 g/mol. The van der Waals surface area contributed by atoms with Crippen LogP contribution < -0.4 is 0 Å². The lowest BCUT2D eigenvalue weighted by molar-refractivity contribution is 0.475. The summed E-state index contributed by atoms with van der Waals surface area (Å²) in [6.45, 7) is 0. The SMILES string of the molecule is Oc1ccc(C(c2ccc(Cl)[nH]2)c2ccc(Cl)[nH]2)cc1. The second kappa shape index (κ2) is 5.27. The van der Waals surface area contributed by atoms with Crippen molar-refractivity contribution in [1.29, 1.82) is 0 Å². The molecule has 0 saturated carbocycles. The Labute approximate surface area is 126 Å². The first-order valence-electron chi connectivity index (χ1n) is 6.11. The molecular weight excluding hydrogens is 295 g/mol. The van der Waals surface area contributed by atoms with Crippen molar-refractivity contribution in [3.05, 3.63) is 75.8 Å². The van der Waals surface area contributed by atoms with E-state index in [2.05, 4.69) is 9.97 Å². The number of hydrogen-bond acceptors (Lipinski definition) is 1. The molecule has 0 aliphatic heterocycles. The zero-order valence-corrected chi connectivity index (χ0v) is 11.9. The van der Waals surface area contributed by atoms with Gasteiger partial charge in [-0.1, -0.05) is 35.3 Å². The number of phenolic OH excluding ortho intramolecular Hbond substituents is 1. The van der Waals surface area contributed by atoms with Crippen molar-refractivity contribution in [1.82, 2.24) is 9.97 Å². The number of benzene rings is 1. The number of aromatic hydroxyl groups is 1. The molecule has 0 saturated heterocycles. The maximum Gasteiger partial charge on any atom is 0.115 e. The molecule has 5 heteroatoms. The number of aromatic amines is 2. The van der Waals surface area contributed by atoms with Crippen LogP contribution in [0, 0.1) is 0 Å². The van der Waals surface area contributed by atoms with Gasteiger partial charge in [-0.05, 0) is 42.0 Å². The number of hydrogen-bond donors (Lipinski definition) is 3. The fraction of sp³-hybridized carbons (Fsp3) is 0.0667. The van der Waals surface area contributed by atoms with Gasteiger partial charge in [0, 0.05) is 11.4 Å². The van der Waals surface area contributed by atoms with Crippen LogP contribution in [0.4, 0.5) is 0 Å². The second-order valence-electron chi connectivity index (χ2n) is 4.55. The van der Waals surface area contributed by atoms with E-state index in [9.17, 15) is 5.11 Å². The highest BCUT2D eigenvalue weighted by Gasteiger charge is 2.19. The van der Waals surface area contributed by atoms with E-state index in [-0.39, 0.29) is 11.7 Å². The van der Waals surface area contributed by atoms with Gasteiger partial charge in [0.1, 0.15) is 16.1 Å². The molecular formula is C15H12Cl2N2O. The lowest BCUT2D eigenvalue weighted by atomic mass is 9.92. The molecule has 2 heterocycles. The Kier molecular flexibility index (Phi) is 3.47. The Morgan fingerprint density at radius 3 is 1.65 bits per heavy atom. The van der Waals surface area contributed by atoms with E-state index in [0.29, 0.717) is 10.3 Å². The van der Waals surface area contributed by atoms with Crippen molar-refractivity contribution in [2.45, 2.75) is 5.92 Å². The van der Waals surface area contributed by atoms with Crippen molar-refractivity contribution < 1.29 is 5.11 Å². The van der Waals surface area contributed by atoms with Crippen molar-refractivity contribution in [3.63, 3.8) is 0 Å². The van der Waals surface area contributed by atoms with Crippen LogP contribution in [0.1, 0.15) is 22.9 Å². The molecule has 20 heavy (non-hydrogen) atoms. The van der Waals surface area contributed by atoms with Crippen molar-refractivity contribution >= 4 is 23.2 Å². The van der Waals surface area contributed by atoms with Crippen molar-refractivity contribution in [2.75, 3.05) is 0 Å². The molecule has 3 rings (SSSR count). The third kappa shape index (κ3) is 2.55. The topological polar surface area (TPSA) is 51.8 Å². The van der Waals surface area contributed by atoms with Crippen LogP contribution in [0.25, 0.3) is 0 Å². The van der Waals surface area contributed by atoms with Crippen LogP contribution >= 0.6 is 23.2 Å². The smallest absolute Gasteiger partial charge is 0.115 e. The molecule has 3 nitrogen and oxygen atoms in total. The maximum atomic E-state index is 9.43. The summed E-state index contributed by atoms with van der Waals surface area (Å²) in [5.74, 6) is 0.192. The zero-order chi connectivity index (χ0) is 14.1. The Morgan fingerprint density at radius 2 is 1.25 bits per heavy atom. The fourth-order valence-corrected chi connectivity index (χ4v) is 2.64. The van der Waals surface area contributed by atoms with E-state index in [1.165, 1.54) is 0 Å². The molecule has 0 bridgehead atoms. The molecule has 0 aliphatic carbocycles. The Morgan fingerprint density at radius 1 is 0.750 bits per heavy atom. The van der Waals surface area contributed by atoms with Gasteiger partial charge in [0.15, 0.2) is 0 Å². The third-order valence-corrected chi connectivity index (χ3v) is 3.64. The van der Waals surface area contributed by atoms with Gasteiger partial charge >= 0.3 is 0 Å². The molecule has 0 spiro atoms. The highest BCUT2D eigenvalue weighted by atomic mass is 35.5. The van der Waals surface area contributed by atoms with Crippen LogP contribution in [0.15, 0.2) is 48.5 Å². The molecule has 102 valence electrons. The van der Waals surface area contributed by atoms with E-state index < -0.39 is 0 Å². The second-order valence-corrected chi connectivity index (χ2v) is 5.36. The maximum absolute atomic E-state index is 9.43. The largest absolute Gasteiger partial charge is 0.508 e. The number of H-pyrrole nitrogens is 2. The van der Waals surface area contributed by atoms with Gasteiger partial charge in [0.2, 0.25) is 0 Å². The molecule has 0 unspecified atom stereocenters. The highest BCUT2D eigenvalue weighted by molar-refractivity contribution is 6.29. The average molecular weight is 307 g/mol. The van der Waals surface area contributed by atoms with Gasteiger partial charge in [-0.3, -0.25) is 0 Å². The van der Waals surface area contributed by atoms with Crippen molar-refractivity contribution in [2.24, 2.45) is 0 Å². The standard InChI is InChI=1S/C15H12Cl2N2O/c16-13-7-5-11(18-13)15(12-6-8-14(17)19-12)9-1-3-10(20)4-2-9/h1-8,15,18-20H. The number of nitrogens with one attached hydrogen (secondary N) is 2. The molecule has 0 atom stereocenters. The minimum atomic E-state index is -0.0457. The summed E-state index contributed by atoms with van der Waals surface area (Å²) in [6, 6.07) is 14.6. The van der Waals surface area contributed by atoms with E-state index in [1.54, 1.807) is 12.1 Å². The van der Waals surface area contributed by atoms with Gasteiger partial charge < -0.3 is 15.1 Å². The van der Waals surface area contributed by atoms with Gasteiger partial charge in [0.25, 0.3) is 0 Å². The number of rotatable bonds is 3. The van der Waals surface area contributed by atoms with Crippen LogP contribution in [-0.4, -0.2) is 15.1 Å². The summed E-state index contributed by atoms with van der Waals surface area (Å²) in [7, 11) is 0. The summed E-state index contributed by atoms with van der Waals surface area (Å²) in [4.78, 5) is 6.27. The number of aromatic nitrogens is 2. The van der Waals surface area contributed by atoms with Gasteiger partial charge in [-0.25, -0.2) is 0 Å². The molecule has 0 radical (unpaired) electrons. The Bertz CT molecular complexity index is 675. The van der Waals surface area contributed by atoms with Crippen LogP contribution in [0.3, 0.4) is 0 Å². The van der Waals surface area contributed by atoms with E-state index in [1.807, 2.05) is 36.4 Å². The summed E-state index contributed by atoms with van der Waals surface area (Å²) >= 11 is 12.0. The molecule has 0 amide bonds. The van der Waals surface area contributed by atoms with E-state index in [4.69, 9.17) is 23.2 Å². The van der Waals surface area contributed by atoms with Gasteiger partial charge in [-0.15, -0.1) is 0 Å². The molecule has 0 fully saturated rings. The summed E-state index contributed by atoms with van der Waals surface area (Å²) in [5, 5.41) is 10.6. The highest BCUT2D eigenvalue weighted by Crippen LogP contribution is 2.32. The molecule has 3 N–H and O–H groups in total. The zero-order valence-electron chi connectivity index (χ0n) is 10.4. The lowest BCUT2D eigenvalue weighted by Crippen LogP contribution is -2.04. The summed E-state index contributed by atoms with van der Waals surface area (Å²) < 4.78 is 0. The first kappa shape index (κ1) is 13.2. The first-order valence-corrected chi connectivity index (χ1v) is 6.87. The molecule has 2 aromatic heterocycles. The third-order valence-electron chi connectivity index (χ3n) is 3.19.